The van der Waals surface area contributed by atoms with E-state index in [0.29, 0.717) is 5.56 Å². The highest BCUT2D eigenvalue weighted by Crippen LogP contribution is 2.26. The number of benzene rings is 1. The maximum Gasteiger partial charge on any atom is 0.101 e. The molecule has 1 heterocycles. The number of aliphatic hydroxyl groups is 1. The Hall–Kier alpha value is -1.53. The van der Waals surface area contributed by atoms with Crippen LogP contribution >= 0.6 is 0 Å². The Balaban J connectivity index is 2.32. The summed E-state index contributed by atoms with van der Waals surface area (Å²) in [6, 6.07) is 10.1. The third kappa shape index (κ3) is 2.59. The van der Waals surface area contributed by atoms with Crippen LogP contribution in [0.3, 0.4) is 0 Å². The molecule has 1 aromatic rings. The third-order valence-electron chi connectivity index (χ3n) is 3.42. The molecule has 1 N–H and O–H groups in total. The number of rotatable bonds is 2. The minimum absolute atomic E-state index is 0.159. The van der Waals surface area contributed by atoms with Gasteiger partial charge in [-0.15, -0.1) is 0 Å². The highest BCUT2D eigenvalue weighted by atomic mass is 16.3. The number of anilines is 1. The van der Waals surface area contributed by atoms with Crippen LogP contribution in [0.1, 0.15) is 31.2 Å². The summed E-state index contributed by atoms with van der Waals surface area (Å²) in [6.45, 7) is 1.10. The fourth-order valence-electron chi connectivity index (χ4n) is 2.50. The monoisotopic (exact) mass is 230 g/mol. The lowest BCUT2D eigenvalue weighted by Gasteiger charge is -2.31. The van der Waals surface area contributed by atoms with E-state index >= 15 is 0 Å². The van der Waals surface area contributed by atoms with Crippen LogP contribution in [0, 0.1) is 11.3 Å². The average molecular weight is 230 g/mol. The van der Waals surface area contributed by atoms with Crippen LogP contribution in [0.2, 0.25) is 0 Å². The van der Waals surface area contributed by atoms with Gasteiger partial charge in [-0.05, 0) is 25.0 Å². The molecule has 17 heavy (non-hydrogen) atoms. The van der Waals surface area contributed by atoms with Gasteiger partial charge in [-0.25, -0.2) is 0 Å². The molecule has 0 saturated carbocycles. The lowest BCUT2D eigenvalue weighted by atomic mass is 10.1. The van der Waals surface area contributed by atoms with Crippen LogP contribution in [0.5, 0.6) is 0 Å². The van der Waals surface area contributed by atoms with Crippen LogP contribution in [0.15, 0.2) is 24.3 Å². The van der Waals surface area contributed by atoms with Gasteiger partial charge in [-0.2, -0.15) is 5.26 Å². The second kappa shape index (κ2) is 5.70. The summed E-state index contributed by atoms with van der Waals surface area (Å²) in [7, 11) is 0. The first-order valence-corrected chi connectivity index (χ1v) is 6.23. The molecule has 1 fully saturated rings. The zero-order valence-electron chi connectivity index (χ0n) is 9.97. The molecule has 1 atom stereocenters. The van der Waals surface area contributed by atoms with Crippen molar-refractivity contribution in [2.45, 2.75) is 31.7 Å². The van der Waals surface area contributed by atoms with Crippen molar-refractivity contribution in [1.29, 1.82) is 5.26 Å². The summed E-state index contributed by atoms with van der Waals surface area (Å²) in [5, 5.41) is 18.6. The van der Waals surface area contributed by atoms with Crippen LogP contribution in [0.25, 0.3) is 0 Å². The van der Waals surface area contributed by atoms with Gasteiger partial charge >= 0.3 is 0 Å². The van der Waals surface area contributed by atoms with Crippen molar-refractivity contribution < 1.29 is 5.11 Å². The van der Waals surface area contributed by atoms with Crippen molar-refractivity contribution >= 4 is 5.69 Å². The Bertz CT molecular complexity index is 411. The summed E-state index contributed by atoms with van der Waals surface area (Å²) in [5.74, 6) is 0. The van der Waals surface area contributed by atoms with Crippen LogP contribution in [0.4, 0.5) is 5.69 Å². The van der Waals surface area contributed by atoms with Crippen molar-refractivity contribution in [2.24, 2.45) is 0 Å². The molecule has 0 radical (unpaired) electrons. The van der Waals surface area contributed by atoms with Gasteiger partial charge in [0.25, 0.3) is 0 Å². The maximum atomic E-state index is 9.49. The number of nitrogens with zero attached hydrogens (tertiary/aromatic N) is 2. The normalized spacial score (nSPS) is 20.7. The molecule has 0 bridgehead atoms. The molecule has 1 saturated heterocycles. The quantitative estimate of drug-likeness (QED) is 0.848. The first kappa shape index (κ1) is 11.9. The number of hydrogen-bond donors (Lipinski definition) is 1. The van der Waals surface area contributed by atoms with Gasteiger partial charge in [0, 0.05) is 6.54 Å². The zero-order chi connectivity index (χ0) is 12.1. The van der Waals surface area contributed by atoms with Gasteiger partial charge in [0.05, 0.1) is 23.9 Å². The number of aliphatic hydroxyl groups excluding tert-OH is 1. The highest BCUT2D eigenvalue weighted by Gasteiger charge is 2.22. The van der Waals surface area contributed by atoms with E-state index in [9.17, 15) is 5.11 Å². The molecular formula is C14H18N2O. The minimum Gasteiger partial charge on any atom is -0.394 e. The van der Waals surface area contributed by atoms with E-state index in [-0.39, 0.29) is 12.6 Å². The van der Waals surface area contributed by atoms with E-state index in [1.165, 1.54) is 6.42 Å². The van der Waals surface area contributed by atoms with Crippen molar-refractivity contribution in [3.05, 3.63) is 29.8 Å². The summed E-state index contributed by atoms with van der Waals surface area (Å²) < 4.78 is 0. The lowest BCUT2D eigenvalue weighted by Crippen LogP contribution is -2.38. The van der Waals surface area contributed by atoms with Gasteiger partial charge in [0.1, 0.15) is 6.07 Å². The van der Waals surface area contributed by atoms with Crippen LogP contribution in [-0.4, -0.2) is 24.3 Å². The van der Waals surface area contributed by atoms with Gasteiger partial charge in [0.15, 0.2) is 0 Å². The van der Waals surface area contributed by atoms with E-state index in [0.717, 1.165) is 31.5 Å². The number of nitriles is 1. The first-order valence-electron chi connectivity index (χ1n) is 6.23. The molecule has 1 aromatic carbocycles. The molecule has 1 aliphatic heterocycles. The molecule has 90 valence electrons. The molecule has 0 amide bonds. The SMILES string of the molecule is N#Cc1ccccc1N1CCCCCC1CO. The predicted octanol–water partition coefficient (Wildman–Crippen LogP) is 2.30. The fourth-order valence-corrected chi connectivity index (χ4v) is 2.50. The number of hydrogen-bond acceptors (Lipinski definition) is 3. The van der Waals surface area contributed by atoms with Crippen LogP contribution < -0.4 is 4.90 Å². The second-order valence-electron chi connectivity index (χ2n) is 4.51. The summed E-state index contributed by atoms with van der Waals surface area (Å²) in [5.41, 5.74) is 1.67. The predicted molar refractivity (Wildman–Crippen MR) is 67.8 cm³/mol. The smallest absolute Gasteiger partial charge is 0.101 e. The third-order valence-corrected chi connectivity index (χ3v) is 3.42. The molecule has 0 spiro atoms. The maximum absolute atomic E-state index is 9.49. The molecule has 1 unspecified atom stereocenters. The van der Waals surface area contributed by atoms with Crippen molar-refractivity contribution in [3.8, 4) is 6.07 Å². The van der Waals surface area contributed by atoms with E-state index in [2.05, 4.69) is 11.0 Å². The van der Waals surface area contributed by atoms with Crippen molar-refractivity contribution in [2.75, 3.05) is 18.1 Å². The van der Waals surface area contributed by atoms with Crippen molar-refractivity contribution in [3.63, 3.8) is 0 Å². The van der Waals surface area contributed by atoms with Gasteiger partial charge in [-0.1, -0.05) is 25.0 Å². The average Bonchev–Trinajstić information content (AvgIpc) is 2.63. The Kier molecular flexibility index (Phi) is 4.00. The Morgan fingerprint density at radius 3 is 2.88 bits per heavy atom. The topological polar surface area (TPSA) is 47.3 Å². The standard InChI is InChI=1S/C14H18N2O/c15-10-12-6-3-4-8-14(12)16-9-5-1-2-7-13(16)11-17/h3-4,6,8,13,17H,1-2,5,7,9,11H2. The van der Waals surface area contributed by atoms with E-state index in [4.69, 9.17) is 5.26 Å². The fraction of sp³-hybridized carbons (Fsp3) is 0.500. The van der Waals surface area contributed by atoms with Crippen LogP contribution in [-0.2, 0) is 0 Å². The summed E-state index contributed by atoms with van der Waals surface area (Å²) >= 11 is 0. The molecule has 2 rings (SSSR count). The Morgan fingerprint density at radius 1 is 1.29 bits per heavy atom. The molecule has 3 heteroatoms. The highest BCUT2D eigenvalue weighted by molar-refractivity contribution is 5.59. The van der Waals surface area contributed by atoms with Crippen molar-refractivity contribution in [1.82, 2.24) is 0 Å². The molecule has 0 aromatic heterocycles. The largest absolute Gasteiger partial charge is 0.394 e. The molecule has 0 aliphatic carbocycles. The minimum atomic E-state index is 0.159. The van der Waals surface area contributed by atoms with E-state index in [1.807, 2.05) is 24.3 Å². The second-order valence-corrected chi connectivity index (χ2v) is 4.51. The van der Waals surface area contributed by atoms with E-state index < -0.39 is 0 Å². The Labute approximate surface area is 102 Å². The Morgan fingerprint density at radius 2 is 2.12 bits per heavy atom. The lowest BCUT2D eigenvalue weighted by molar-refractivity contribution is 0.255. The zero-order valence-corrected chi connectivity index (χ0v) is 9.97. The number of para-hydroxylation sites is 1. The summed E-state index contributed by atoms with van der Waals surface area (Å²) in [6.07, 6.45) is 4.52. The molecule has 3 nitrogen and oxygen atoms in total. The summed E-state index contributed by atoms with van der Waals surface area (Å²) in [4.78, 5) is 2.20. The van der Waals surface area contributed by atoms with Gasteiger partial charge in [0.2, 0.25) is 0 Å². The van der Waals surface area contributed by atoms with E-state index in [1.54, 1.807) is 0 Å². The van der Waals surface area contributed by atoms with Gasteiger partial charge < -0.3 is 10.0 Å². The molecule has 1 aliphatic rings. The first-order chi connectivity index (χ1) is 8.36. The van der Waals surface area contributed by atoms with Gasteiger partial charge in [-0.3, -0.25) is 0 Å². The molecular weight excluding hydrogens is 212 g/mol.